The van der Waals surface area contributed by atoms with Gasteiger partial charge < -0.3 is 0 Å². The molecule has 0 spiro atoms. The Labute approximate surface area is 476 Å². The van der Waals surface area contributed by atoms with Gasteiger partial charge in [-0.05, 0) is 178 Å². The number of aromatic nitrogens is 3. The molecule has 2 aromatic heterocycles. The summed E-state index contributed by atoms with van der Waals surface area (Å²) in [6.45, 7) is 1.86. The van der Waals surface area contributed by atoms with Crippen molar-refractivity contribution in [3.63, 3.8) is 0 Å². The topological polar surface area (TPSA) is 206 Å². The van der Waals surface area contributed by atoms with Crippen molar-refractivity contribution in [3.8, 4) is 12.1 Å². The molecule has 0 aliphatic carbocycles. The van der Waals surface area contributed by atoms with Gasteiger partial charge in [-0.2, -0.15) is 10.5 Å². The third-order valence-electron chi connectivity index (χ3n) is 8.84. The fraction of sp³-hybridized carbons (Fsp3) is 0.0159. The summed E-state index contributed by atoms with van der Waals surface area (Å²) in [5.41, 5.74) is 6.24. The molecule has 19 heteroatoms. The van der Waals surface area contributed by atoms with E-state index in [9.17, 15) is 59.9 Å². The summed E-state index contributed by atoms with van der Waals surface area (Å²) >= 11 is 3.27. The Morgan fingerprint density at radius 2 is 0.841 bits per heavy atom. The van der Waals surface area contributed by atoms with E-state index in [4.69, 9.17) is 10.5 Å². The number of aryl methyl sites for hydroxylation is 1. The van der Waals surface area contributed by atoms with Crippen LogP contribution in [0.3, 0.4) is 0 Å². The summed E-state index contributed by atoms with van der Waals surface area (Å²) in [4.78, 5) is 81.4. The molecule has 7 rings (SSSR count). The number of halogens is 7. The highest BCUT2D eigenvalue weighted by molar-refractivity contribution is 9.10. The number of benzene rings is 5. The number of nitriles is 2. The largest absolute Gasteiger partial charge is 0.299 e. The van der Waals surface area contributed by atoms with Gasteiger partial charge in [-0.3, -0.25) is 48.5 Å². The van der Waals surface area contributed by atoms with Crippen LogP contribution in [0.2, 0.25) is 0 Å². The maximum absolute atomic E-state index is 12.8. The average Bonchev–Trinajstić information content (AvgIpc) is 3.50. The minimum absolute atomic E-state index is 0.241. The quantitative estimate of drug-likeness (QED) is 0.0566. The SMILES string of the molecule is Cc1cnc(/C=C/C=O)cn1.N#Cc1cc(F)cc(/C=C/C=O)c1.N#Cc1ccc(/C=C/C=O)cc1.O=C/C=C/c1cc(F)cc(F)c1.O=C/C=C/c1ccc(F)c(F)c1.O=C/C=C/c1cccc(F)c1.O=C/C=C/c1cncc(Br)c1. The first-order valence-electron chi connectivity index (χ1n) is 23.2. The number of pyridine rings is 1. The van der Waals surface area contributed by atoms with Crippen molar-refractivity contribution in [2.75, 3.05) is 0 Å². The summed E-state index contributed by atoms with van der Waals surface area (Å²) in [5, 5.41) is 17.0. The third-order valence-corrected chi connectivity index (χ3v) is 9.28. The van der Waals surface area contributed by atoms with E-state index in [0.717, 1.165) is 70.3 Å². The molecule has 0 unspecified atom stereocenters. The number of carbonyl (C=O) groups excluding carboxylic acids is 7. The lowest BCUT2D eigenvalue weighted by atomic mass is 10.1. The molecule has 0 aliphatic heterocycles. The zero-order chi connectivity index (χ0) is 60.8. The molecule has 0 amide bonds. The van der Waals surface area contributed by atoms with Crippen molar-refractivity contribution < 1.29 is 59.9 Å². The molecular formula is C63H46BrF6N5O7. The van der Waals surface area contributed by atoms with Gasteiger partial charge in [0.1, 0.15) is 67.3 Å². The lowest BCUT2D eigenvalue weighted by Gasteiger charge is -1.94. The van der Waals surface area contributed by atoms with Gasteiger partial charge in [-0.15, -0.1) is 0 Å². The van der Waals surface area contributed by atoms with Crippen LogP contribution >= 0.6 is 15.9 Å². The van der Waals surface area contributed by atoms with E-state index in [1.807, 2.05) is 25.1 Å². The van der Waals surface area contributed by atoms with Crippen LogP contribution in [0, 0.1) is 64.5 Å². The number of rotatable bonds is 14. The van der Waals surface area contributed by atoms with E-state index in [-0.39, 0.29) is 11.4 Å². The zero-order valence-corrected chi connectivity index (χ0v) is 44.7. The lowest BCUT2D eigenvalue weighted by molar-refractivity contribution is -0.104. The zero-order valence-electron chi connectivity index (χ0n) is 43.1. The number of hydrogen-bond acceptors (Lipinski definition) is 12. The van der Waals surface area contributed by atoms with Gasteiger partial charge in [0.15, 0.2) is 11.6 Å². The van der Waals surface area contributed by atoms with E-state index in [0.29, 0.717) is 64.9 Å². The molecule has 0 radical (unpaired) electrons. The molecule has 12 nitrogen and oxygen atoms in total. The summed E-state index contributed by atoms with van der Waals surface area (Å²) in [6.07, 6.45) is 31.1. The van der Waals surface area contributed by atoms with Gasteiger partial charge in [-0.1, -0.05) is 66.8 Å². The Hall–Kier alpha value is -10.8. The Morgan fingerprint density at radius 3 is 1.32 bits per heavy atom. The van der Waals surface area contributed by atoms with Gasteiger partial charge in [0.05, 0.1) is 40.9 Å². The predicted octanol–water partition coefficient (Wildman–Crippen LogP) is 13.1. The molecule has 0 saturated heterocycles. The normalized spacial score (nSPS) is 10.2. The van der Waals surface area contributed by atoms with Crippen LogP contribution in [0.15, 0.2) is 181 Å². The molecule has 414 valence electrons. The molecule has 0 aliphatic rings. The third kappa shape index (κ3) is 33.4. The maximum atomic E-state index is 12.8. The minimum Gasteiger partial charge on any atom is -0.299 e. The minimum atomic E-state index is -0.914. The Balaban J connectivity index is 0.000000479. The van der Waals surface area contributed by atoms with Crippen LogP contribution in [-0.4, -0.2) is 59.0 Å². The van der Waals surface area contributed by atoms with Gasteiger partial charge >= 0.3 is 0 Å². The first-order valence-corrected chi connectivity index (χ1v) is 24.0. The molecular weight excluding hydrogens is 1130 g/mol. The van der Waals surface area contributed by atoms with Crippen LogP contribution < -0.4 is 0 Å². The summed E-state index contributed by atoms with van der Waals surface area (Å²) < 4.78 is 76.0. The van der Waals surface area contributed by atoms with E-state index < -0.39 is 29.1 Å². The van der Waals surface area contributed by atoms with Crippen LogP contribution in [0.5, 0.6) is 0 Å². The lowest BCUT2D eigenvalue weighted by Crippen LogP contribution is -1.85. The second-order valence-corrected chi connectivity index (χ2v) is 16.0. The van der Waals surface area contributed by atoms with Crippen LogP contribution in [0.4, 0.5) is 26.3 Å². The number of nitrogens with zero attached hydrogens (tertiary/aromatic N) is 5. The molecule has 0 saturated carbocycles. The molecule has 5 aromatic carbocycles. The Morgan fingerprint density at radius 1 is 0.390 bits per heavy atom. The first-order chi connectivity index (χ1) is 39.6. The number of aldehydes is 7. The van der Waals surface area contributed by atoms with Crippen molar-refractivity contribution in [3.05, 3.63) is 272 Å². The van der Waals surface area contributed by atoms with Crippen LogP contribution in [-0.2, 0) is 33.6 Å². The smallest absolute Gasteiger partial charge is 0.159 e. The van der Waals surface area contributed by atoms with Crippen molar-refractivity contribution in [1.82, 2.24) is 15.0 Å². The standard InChI is InChI=1S/C10H6FNO.C10H7NO.2C9H6F2O.C9H7FO.C8H6BrNO.C8H8N2O/c11-10-5-8(2-1-3-13)4-9(6-10)7-12;11-8-10-5-3-9(4-6-10)2-1-7-12;10-8-4-3-7(2-1-5-12)6-9(8)11;10-8-4-7(2-1-3-12)5-9(11)6-8;10-9-5-1-3-8(7-9)4-2-6-11;9-8-4-7(2-1-3-11)5-10-6-8;1-7-5-10-8(6-9-7)3-2-4-11/h1-6H;1-7H;2*1-6H;1-7H;1-6H;2-6H,1H3/b4*2-1+;4-2+;2-1+;3-2+. The van der Waals surface area contributed by atoms with Gasteiger partial charge in [0.25, 0.3) is 0 Å². The van der Waals surface area contributed by atoms with Gasteiger partial charge in [0, 0.05) is 29.1 Å². The van der Waals surface area contributed by atoms with Crippen molar-refractivity contribution in [2.24, 2.45) is 0 Å². The van der Waals surface area contributed by atoms with Gasteiger partial charge in [0.2, 0.25) is 0 Å². The summed E-state index contributed by atoms with van der Waals surface area (Å²) in [5.74, 6) is -3.88. The molecule has 2 heterocycles. The van der Waals surface area contributed by atoms with E-state index in [1.54, 1.807) is 85.5 Å². The predicted molar refractivity (Wildman–Crippen MR) is 306 cm³/mol. The Kier molecular flexibility index (Phi) is 36.5. The van der Waals surface area contributed by atoms with E-state index >= 15 is 0 Å². The molecule has 82 heavy (non-hydrogen) atoms. The second kappa shape index (κ2) is 43.2. The highest BCUT2D eigenvalue weighted by Crippen LogP contribution is 2.13. The molecule has 7 aromatic rings. The molecule has 0 N–H and O–H groups in total. The molecule has 0 bridgehead atoms. The van der Waals surface area contributed by atoms with Crippen LogP contribution in [0.1, 0.15) is 55.9 Å². The highest BCUT2D eigenvalue weighted by Gasteiger charge is 2.00. The van der Waals surface area contributed by atoms with Crippen LogP contribution in [0.25, 0.3) is 42.5 Å². The summed E-state index contributed by atoms with van der Waals surface area (Å²) in [7, 11) is 0. The van der Waals surface area contributed by atoms with E-state index in [1.165, 1.54) is 91.1 Å². The number of allylic oxidation sites excluding steroid dienone is 7. The summed E-state index contributed by atoms with van der Waals surface area (Å²) in [6, 6.07) is 29.1. The van der Waals surface area contributed by atoms with E-state index in [2.05, 4.69) is 30.9 Å². The monoisotopic (exact) mass is 1180 g/mol. The van der Waals surface area contributed by atoms with Crippen molar-refractivity contribution >= 4 is 102 Å². The van der Waals surface area contributed by atoms with Crippen molar-refractivity contribution in [1.29, 1.82) is 10.5 Å². The second-order valence-electron chi connectivity index (χ2n) is 15.0. The Bertz CT molecular complexity index is 3400. The highest BCUT2D eigenvalue weighted by atomic mass is 79.9. The number of hydrogen-bond donors (Lipinski definition) is 0. The van der Waals surface area contributed by atoms with Crippen molar-refractivity contribution in [2.45, 2.75) is 6.92 Å². The fourth-order valence-electron chi connectivity index (χ4n) is 5.39. The average molecular weight is 1180 g/mol. The first kappa shape index (κ1) is 69.3. The number of carbonyl (C=O) groups is 7. The molecule has 0 fully saturated rings. The molecule has 0 atom stereocenters. The van der Waals surface area contributed by atoms with Gasteiger partial charge in [-0.25, -0.2) is 26.3 Å². The maximum Gasteiger partial charge on any atom is 0.159 e. The fourth-order valence-corrected chi connectivity index (χ4v) is 5.77.